The molecule has 9 heteroatoms. The van der Waals surface area contributed by atoms with Gasteiger partial charge in [0.25, 0.3) is 0 Å². The van der Waals surface area contributed by atoms with Gasteiger partial charge in [0.15, 0.2) is 5.82 Å². The van der Waals surface area contributed by atoms with Gasteiger partial charge in [-0.3, -0.25) is 4.79 Å². The maximum atomic E-state index is 12.9. The first-order valence-electron chi connectivity index (χ1n) is 10.3. The lowest BCUT2D eigenvalue weighted by atomic mass is 10.1. The van der Waals surface area contributed by atoms with Gasteiger partial charge < -0.3 is 10.1 Å². The summed E-state index contributed by atoms with van der Waals surface area (Å²) in [6, 6.07) is 11.8. The summed E-state index contributed by atoms with van der Waals surface area (Å²) in [5, 5.41) is 7.20. The second-order valence-electron chi connectivity index (χ2n) is 7.75. The molecule has 0 aliphatic rings. The Morgan fingerprint density at radius 3 is 2.31 bits per heavy atom. The third-order valence-corrected chi connectivity index (χ3v) is 4.48. The monoisotopic (exact) mass is 446 g/mol. The average Bonchev–Trinajstić information content (AvgIpc) is 3.17. The number of aromatic nitrogens is 3. The van der Waals surface area contributed by atoms with Crippen LogP contribution in [0.2, 0.25) is 0 Å². The summed E-state index contributed by atoms with van der Waals surface area (Å²) in [4.78, 5) is 16.2. The Kier molecular flexibility index (Phi) is 7.17. The molecule has 0 saturated carbocycles. The molecule has 0 aliphatic carbocycles. The van der Waals surface area contributed by atoms with E-state index >= 15 is 0 Å². The second kappa shape index (κ2) is 9.84. The molecular weight excluding hydrogens is 421 g/mol. The third-order valence-electron chi connectivity index (χ3n) is 4.48. The highest BCUT2D eigenvalue weighted by Gasteiger charge is 2.30. The van der Waals surface area contributed by atoms with Crippen LogP contribution >= 0.6 is 0 Å². The largest absolute Gasteiger partial charge is 0.462 e. The molecule has 0 atom stereocenters. The summed E-state index contributed by atoms with van der Waals surface area (Å²) in [6.45, 7) is 6.30. The molecule has 3 aromatic rings. The summed E-state index contributed by atoms with van der Waals surface area (Å²) in [5.74, 6) is 0.526. The van der Waals surface area contributed by atoms with Gasteiger partial charge in [0.2, 0.25) is 5.91 Å². The second-order valence-corrected chi connectivity index (χ2v) is 7.75. The molecule has 3 rings (SSSR count). The lowest BCUT2D eigenvalue weighted by Crippen LogP contribution is -2.10. The number of halogens is 3. The van der Waals surface area contributed by atoms with Crippen molar-refractivity contribution in [1.82, 2.24) is 14.8 Å². The molecule has 1 heterocycles. The lowest BCUT2D eigenvalue weighted by Gasteiger charge is -2.09. The zero-order valence-electron chi connectivity index (χ0n) is 18.1. The molecule has 170 valence electrons. The molecule has 0 radical (unpaired) electrons. The smallest absolute Gasteiger partial charge is 0.416 e. The first-order valence-corrected chi connectivity index (χ1v) is 10.3. The van der Waals surface area contributed by atoms with Gasteiger partial charge in [0.1, 0.15) is 0 Å². The van der Waals surface area contributed by atoms with Crippen LogP contribution in [0.15, 0.2) is 48.5 Å². The molecule has 1 N–H and O–H groups in total. The first kappa shape index (κ1) is 23.3. The van der Waals surface area contributed by atoms with E-state index in [0.29, 0.717) is 35.8 Å². The molecule has 32 heavy (non-hydrogen) atoms. The lowest BCUT2D eigenvalue weighted by molar-refractivity contribution is -0.137. The van der Waals surface area contributed by atoms with E-state index in [9.17, 15) is 18.0 Å². The van der Waals surface area contributed by atoms with Crippen molar-refractivity contribution < 1.29 is 22.7 Å². The predicted octanol–water partition coefficient (Wildman–Crippen LogP) is 5.73. The van der Waals surface area contributed by atoms with Crippen molar-refractivity contribution in [1.29, 1.82) is 0 Å². The summed E-state index contributed by atoms with van der Waals surface area (Å²) >= 11 is 0. The van der Waals surface area contributed by atoms with E-state index in [-0.39, 0.29) is 17.8 Å². The normalized spacial score (nSPS) is 11.6. The molecule has 0 bridgehead atoms. The molecule has 1 aromatic heterocycles. The molecule has 1 amide bonds. The Labute approximate surface area is 184 Å². The van der Waals surface area contributed by atoms with Crippen LogP contribution in [-0.2, 0) is 11.0 Å². The Hall–Kier alpha value is -3.36. The van der Waals surface area contributed by atoms with Gasteiger partial charge in [-0.25, -0.2) is 4.68 Å². The summed E-state index contributed by atoms with van der Waals surface area (Å²) in [7, 11) is 0. The highest BCUT2D eigenvalue weighted by atomic mass is 19.4. The number of anilines is 1. The molecule has 0 spiro atoms. The van der Waals surface area contributed by atoms with Crippen LogP contribution < -0.4 is 10.1 Å². The fraction of sp³-hybridized carbons (Fsp3) is 0.348. The number of rotatable bonds is 8. The Morgan fingerprint density at radius 1 is 1.09 bits per heavy atom. The van der Waals surface area contributed by atoms with Crippen molar-refractivity contribution in [2.45, 2.75) is 39.8 Å². The van der Waals surface area contributed by atoms with E-state index in [1.54, 1.807) is 24.3 Å². The number of ether oxygens (including phenoxy) is 1. The molecule has 0 saturated heterocycles. The first-order chi connectivity index (χ1) is 15.2. The van der Waals surface area contributed by atoms with E-state index in [1.807, 2.05) is 20.8 Å². The number of amides is 1. The van der Waals surface area contributed by atoms with Gasteiger partial charge >= 0.3 is 12.2 Å². The highest BCUT2D eigenvalue weighted by molar-refractivity contribution is 5.90. The van der Waals surface area contributed by atoms with Gasteiger partial charge in [-0.2, -0.15) is 18.2 Å². The third kappa shape index (κ3) is 5.87. The number of alkyl halides is 3. The Bertz CT molecular complexity index is 1040. The van der Waals surface area contributed by atoms with Gasteiger partial charge in [0, 0.05) is 17.7 Å². The molecular formula is C23H25F3N4O2. The maximum absolute atomic E-state index is 12.9. The summed E-state index contributed by atoms with van der Waals surface area (Å²) < 4.78 is 46.0. The fourth-order valence-corrected chi connectivity index (χ4v) is 2.91. The van der Waals surface area contributed by atoms with Crippen LogP contribution in [0.25, 0.3) is 17.1 Å². The number of carbonyl (C=O) groups excluding carboxylic acids is 1. The van der Waals surface area contributed by atoms with E-state index in [2.05, 4.69) is 15.4 Å². The van der Waals surface area contributed by atoms with Crippen molar-refractivity contribution in [3.63, 3.8) is 0 Å². The van der Waals surface area contributed by atoms with Crippen LogP contribution in [0.4, 0.5) is 18.9 Å². The molecule has 2 aromatic carbocycles. The number of carbonyl (C=O) groups is 1. The van der Waals surface area contributed by atoms with Crippen LogP contribution in [0.5, 0.6) is 6.01 Å². The molecule has 6 nitrogen and oxygen atoms in total. The van der Waals surface area contributed by atoms with E-state index in [1.165, 1.54) is 16.8 Å². The van der Waals surface area contributed by atoms with Gasteiger partial charge in [-0.1, -0.05) is 32.9 Å². The fourth-order valence-electron chi connectivity index (χ4n) is 2.91. The zero-order chi connectivity index (χ0) is 23.3. The van der Waals surface area contributed by atoms with Crippen molar-refractivity contribution in [3.05, 3.63) is 54.1 Å². The van der Waals surface area contributed by atoms with Crippen LogP contribution in [-0.4, -0.2) is 27.3 Å². The van der Waals surface area contributed by atoms with E-state index in [4.69, 9.17) is 4.74 Å². The van der Waals surface area contributed by atoms with Gasteiger partial charge in [-0.05, 0) is 48.7 Å². The van der Waals surface area contributed by atoms with Crippen LogP contribution in [0, 0.1) is 5.92 Å². The zero-order valence-corrected chi connectivity index (χ0v) is 18.1. The van der Waals surface area contributed by atoms with Gasteiger partial charge in [0.05, 0.1) is 17.9 Å². The summed E-state index contributed by atoms with van der Waals surface area (Å²) in [6.07, 6.45) is -3.24. The molecule has 0 aliphatic heterocycles. The van der Waals surface area contributed by atoms with Crippen molar-refractivity contribution in [3.8, 4) is 23.1 Å². The standard InChI is InChI=1S/C23H25F3N4O2/c1-4-5-20(31)27-18-10-12-19(13-11-18)30-21(28-22(29-30)32-14-15(2)3)16-6-8-17(9-7-16)23(24,25)26/h6-13,15H,4-5,14H2,1-3H3,(H,27,31). The van der Waals surface area contributed by atoms with Crippen LogP contribution in [0.3, 0.4) is 0 Å². The quantitative estimate of drug-likeness (QED) is 0.480. The average molecular weight is 446 g/mol. The number of nitrogens with one attached hydrogen (secondary N) is 1. The highest BCUT2D eigenvalue weighted by Crippen LogP contribution is 2.31. The topological polar surface area (TPSA) is 69.0 Å². The van der Waals surface area contributed by atoms with E-state index < -0.39 is 11.7 Å². The van der Waals surface area contributed by atoms with E-state index in [0.717, 1.165) is 18.6 Å². The van der Waals surface area contributed by atoms with Crippen molar-refractivity contribution in [2.75, 3.05) is 11.9 Å². The number of benzene rings is 2. The molecule has 0 fully saturated rings. The Balaban J connectivity index is 1.94. The Morgan fingerprint density at radius 2 is 1.75 bits per heavy atom. The molecule has 0 unspecified atom stereocenters. The van der Waals surface area contributed by atoms with Gasteiger partial charge in [-0.15, -0.1) is 5.10 Å². The SMILES string of the molecule is CCCC(=O)Nc1ccc(-n2nc(OCC(C)C)nc2-c2ccc(C(F)(F)F)cc2)cc1. The summed E-state index contributed by atoms with van der Waals surface area (Å²) in [5.41, 5.74) is 0.987. The van der Waals surface area contributed by atoms with Crippen LogP contribution in [0.1, 0.15) is 39.2 Å². The van der Waals surface area contributed by atoms with Crippen molar-refractivity contribution in [2.24, 2.45) is 5.92 Å². The number of hydrogen-bond acceptors (Lipinski definition) is 4. The number of nitrogens with zero attached hydrogens (tertiary/aromatic N) is 3. The minimum Gasteiger partial charge on any atom is -0.462 e. The van der Waals surface area contributed by atoms with Crippen molar-refractivity contribution >= 4 is 11.6 Å². The minimum absolute atomic E-state index is 0.0733. The number of hydrogen-bond donors (Lipinski definition) is 1. The maximum Gasteiger partial charge on any atom is 0.416 e. The minimum atomic E-state index is -4.42. The predicted molar refractivity (Wildman–Crippen MR) is 116 cm³/mol.